The normalized spacial score (nSPS) is 11.9. The second-order valence-corrected chi connectivity index (χ2v) is 4.78. The van der Waals surface area contributed by atoms with Crippen molar-refractivity contribution in [3.63, 3.8) is 0 Å². The van der Waals surface area contributed by atoms with E-state index in [1.54, 1.807) is 0 Å². The first-order chi connectivity index (χ1) is 8.71. The first-order valence-electron chi connectivity index (χ1n) is 5.91. The highest BCUT2D eigenvalue weighted by molar-refractivity contribution is 5.70. The summed E-state index contributed by atoms with van der Waals surface area (Å²) >= 11 is 0. The molecular formula is C14H15F3N2. The van der Waals surface area contributed by atoms with Crippen LogP contribution in [0, 0.1) is 27.7 Å². The Morgan fingerprint density at radius 2 is 1.53 bits per heavy atom. The van der Waals surface area contributed by atoms with Crippen LogP contribution < -0.4 is 0 Å². The second-order valence-electron chi connectivity index (χ2n) is 4.78. The van der Waals surface area contributed by atoms with Crippen molar-refractivity contribution < 1.29 is 13.2 Å². The number of rotatable bonds is 1. The van der Waals surface area contributed by atoms with Gasteiger partial charge in [-0.05, 0) is 49.9 Å². The number of H-pyrrole nitrogens is 1. The standard InChI is InChI=1S/C14H15F3N2/c1-7-5-8(2)10(4)12(9(7)3)11-6-18-13(19-11)14(15,16)17/h5-6H,1-4H3,(H,18,19). The van der Waals surface area contributed by atoms with E-state index >= 15 is 0 Å². The van der Waals surface area contributed by atoms with Gasteiger partial charge in [0.25, 0.3) is 0 Å². The number of hydrogen-bond acceptors (Lipinski definition) is 1. The fourth-order valence-electron chi connectivity index (χ4n) is 2.21. The first kappa shape index (κ1) is 13.6. The molecule has 0 bridgehead atoms. The van der Waals surface area contributed by atoms with Crippen LogP contribution in [0.4, 0.5) is 13.2 Å². The number of halogens is 3. The highest BCUT2D eigenvalue weighted by Crippen LogP contribution is 2.33. The molecular weight excluding hydrogens is 253 g/mol. The zero-order valence-electron chi connectivity index (χ0n) is 11.2. The molecule has 102 valence electrons. The van der Waals surface area contributed by atoms with Crippen molar-refractivity contribution in [2.24, 2.45) is 0 Å². The molecule has 0 saturated heterocycles. The minimum absolute atomic E-state index is 0.411. The predicted octanol–water partition coefficient (Wildman–Crippen LogP) is 4.33. The summed E-state index contributed by atoms with van der Waals surface area (Å²) in [4.78, 5) is 5.79. The molecule has 2 rings (SSSR count). The topological polar surface area (TPSA) is 28.7 Å². The molecule has 0 unspecified atom stereocenters. The minimum Gasteiger partial charge on any atom is -0.334 e. The summed E-state index contributed by atoms with van der Waals surface area (Å²) in [6, 6.07) is 2.04. The van der Waals surface area contributed by atoms with Crippen molar-refractivity contribution in [2.45, 2.75) is 33.9 Å². The molecule has 5 heteroatoms. The third kappa shape index (κ3) is 2.37. The molecule has 2 aromatic rings. The van der Waals surface area contributed by atoms with E-state index in [2.05, 4.69) is 9.97 Å². The van der Waals surface area contributed by atoms with Gasteiger partial charge < -0.3 is 4.98 Å². The lowest BCUT2D eigenvalue weighted by Gasteiger charge is -2.13. The lowest BCUT2D eigenvalue weighted by atomic mass is 9.93. The Bertz CT molecular complexity index is 598. The Labute approximate surface area is 109 Å². The lowest BCUT2D eigenvalue weighted by molar-refractivity contribution is -0.144. The molecule has 1 heterocycles. The van der Waals surface area contributed by atoms with E-state index in [4.69, 9.17) is 0 Å². The van der Waals surface area contributed by atoms with Crippen LogP contribution in [0.5, 0.6) is 0 Å². The van der Waals surface area contributed by atoms with Gasteiger partial charge in [0.05, 0.1) is 11.9 Å². The third-order valence-corrected chi connectivity index (χ3v) is 3.48. The zero-order valence-corrected chi connectivity index (χ0v) is 11.2. The van der Waals surface area contributed by atoms with Gasteiger partial charge in [-0.25, -0.2) is 4.98 Å². The van der Waals surface area contributed by atoms with Gasteiger partial charge in [-0.1, -0.05) is 6.07 Å². The predicted molar refractivity (Wildman–Crippen MR) is 68.0 cm³/mol. The van der Waals surface area contributed by atoms with Gasteiger partial charge in [0, 0.05) is 5.56 Å². The molecule has 19 heavy (non-hydrogen) atoms. The molecule has 0 radical (unpaired) electrons. The molecule has 0 aliphatic carbocycles. The van der Waals surface area contributed by atoms with E-state index in [-0.39, 0.29) is 0 Å². The molecule has 0 saturated carbocycles. The van der Waals surface area contributed by atoms with Crippen molar-refractivity contribution >= 4 is 0 Å². The Morgan fingerprint density at radius 1 is 1.00 bits per heavy atom. The maximum absolute atomic E-state index is 12.6. The van der Waals surface area contributed by atoms with Crippen LogP contribution in [0.3, 0.4) is 0 Å². The first-order valence-corrected chi connectivity index (χ1v) is 5.91. The Morgan fingerprint density at radius 3 is 1.95 bits per heavy atom. The van der Waals surface area contributed by atoms with E-state index < -0.39 is 12.0 Å². The summed E-state index contributed by atoms with van der Waals surface area (Å²) in [5, 5.41) is 0. The van der Waals surface area contributed by atoms with Crippen molar-refractivity contribution in [3.8, 4) is 11.3 Å². The lowest BCUT2D eigenvalue weighted by Crippen LogP contribution is -2.07. The number of nitrogens with one attached hydrogen (secondary N) is 1. The van der Waals surface area contributed by atoms with Crippen LogP contribution in [-0.2, 0) is 6.18 Å². The van der Waals surface area contributed by atoms with Gasteiger partial charge in [0.1, 0.15) is 0 Å². The number of benzene rings is 1. The summed E-state index contributed by atoms with van der Waals surface area (Å²) in [7, 11) is 0. The maximum Gasteiger partial charge on any atom is 0.449 e. The summed E-state index contributed by atoms with van der Waals surface area (Å²) in [5.74, 6) is -0.958. The highest BCUT2D eigenvalue weighted by atomic mass is 19.4. The second kappa shape index (κ2) is 4.40. The minimum atomic E-state index is -4.45. The zero-order chi connectivity index (χ0) is 14.4. The van der Waals surface area contributed by atoms with Crippen LogP contribution in [-0.4, -0.2) is 9.97 Å². The van der Waals surface area contributed by atoms with Crippen LogP contribution in [0.2, 0.25) is 0 Å². The van der Waals surface area contributed by atoms with Crippen molar-refractivity contribution in [1.82, 2.24) is 9.97 Å². The monoisotopic (exact) mass is 268 g/mol. The van der Waals surface area contributed by atoms with Gasteiger partial charge in [-0.15, -0.1) is 0 Å². The fourth-order valence-corrected chi connectivity index (χ4v) is 2.21. The molecule has 0 amide bonds. The highest BCUT2D eigenvalue weighted by Gasteiger charge is 2.34. The number of hydrogen-bond donors (Lipinski definition) is 1. The number of aryl methyl sites for hydroxylation is 2. The number of nitrogens with zero attached hydrogens (tertiary/aromatic N) is 1. The number of imidazole rings is 1. The van der Waals surface area contributed by atoms with Crippen molar-refractivity contribution in [1.29, 1.82) is 0 Å². The summed E-state index contributed by atoms with van der Waals surface area (Å²) in [6.45, 7) is 7.72. The quantitative estimate of drug-likeness (QED) is 0.819. The molecule has 1 aromatic heterocycles. The molecule has 0 spiro atoms. The van der Waals surface area contributed by atoms with Gasteiger partial charge in [0.15, 0.2) is 0 Å². The number of aromatic nitrogens is 2. The van der Waals surface area contributed by atoms with E-state index in [0.717, 1.165) is 27.8 Å². The maximum atomic E-state index is 12.6. The summed E-state index contributed by atoms with van der Waals surface area (Å²) in [6.07, 6.45) is -3.20. The summed E-state index contributed by atoms with van der Waals surface area (Å²) in [5.41, 5.74) is 5.28. The van der Waals surface area contributed by atoms with E-state index in [1.165, 1.54) is 6.20 Å². The van der Waals surface area contributed by atoms with Gasteiger partial charge in [-0.3, -0.25) is 0 Å². The van der Waals surface area contributed by atoms with Crippen LogP contribution in [0.25, 0.3) is 11.3 Å². The SMILES string of the molecule is Cc1cc(C)c(C)c(-c2cnc(C(F)(F)F)[nH]2)c1C. The van der Waals surface area contributed by atoms with Crippen molar-refractivity contribution in [2.75, 3.05) is 0 Å². The fraction of sp³-hybridized carbons (Fsp3) is 0.357. The molecule has 1 aromatic carbocycles. The average molecular weight is 268 g/mol. The van der Waals surface area contributed by atoms with E-state index in [1.807, 2.05) is 33.8 Å². The van der Waals surface area contributed by atoms with E-state index in [9.17, 15) is 13.2 Å². The number of alkyl halides is 3. The van der Waals surface area contributed by atoms with E-state index in [0.29, 0.717) is 5.69 Å². The van der Waals surface area contributed by atoms with Crippen molar-refractivity contribution in [3.05, 3.63) is 40.3 Å². The van der Waals surface area contributed by atoms with Gasteiger partial charge >= 0.3 is 6.18 Å². The van der Waals surface area contributed by atoms with Gasteiger partial charge in [-0.2, -0.15) is 13.2 Å². The molecule has 2 nitrogen and oxygen atoms in total. The van der Waals surface area contributed by atoms with Crippen LogP contribution in [0.1, 0.15) is 28.1 Å². The summed E-state index contributed by atoms with van der Waals surface area (Å²) < 4.78 is 37.7. The van der Waals surface area contributed by atoms with Crippen LogP contribution in [0.15, 0.2) is 12.3 Å². The Kier molecular flexibility index (Phi) is 3.16. The van der Waals surface area contributed by atoms with Crippen LogP contribution >= 0.6 is 0 Å². The molecule has 1 N–H and O–H groups in total. The van der Waals surface area contributed by atoms with Gasteiger partial charge in [0.2, 0.25) is 5.82 Å². The Balaban J connectivity index is 2.63. The average Bonchev–Trinajstić information content (AvgIpc) is 2.76. The smallest absolute Gasteiger partial charge is 0.334 e. The molecule has 0 aliphatic heterocycles. The largest absolute Gasteiger partial charge is 0.449 e. The molecule has 0 aliphatic rings. The Hall–Kier alpha value is -1.78. The third-order valence-electron chi connectivity index (χ3n) is 3.48. The molecule has 0 atom stereocenters. The molecule has 0 fully saturated rings. The number of aromatic amines is 1.